The van der Waals surface area contributed by atoms with Gasteiger partial charge in [-0.05, 0) is 69.0 Å². The van der Waals surface area contributed by atoms with Crippen LogP contribution in [0.4, 0.5) is 0 Å². The lowest BCUT2D eigenvalue weighted by atomic mass is 9.96. The van der Waals surface area contributed by atoms with Gasteiger partial charge < -0.3 is 16.0 Å². The van der Waals surface area contributed by atoms with Crippen LogP contribution in [0.1, 0.15) is 42.7 Å². The molecule has 2 aromatic rings. The second-order valence-corrected chi connectivity index (χ2v) is 7.47. The van der Waals surface area contributed by atoms with Gasteiger partial charge in [-0.2, -0.15) is 0 Å². The number of unbranched alkanes of at least 4 members (excludes halogenated alkanes) is 1. The zero-order valence-electron chi connectivity index (χ0n) is 17.0. The predicted octanol–water partition coefficient (Wildman–Crippen LogP) is 3.26. The molecule has 1 aromatic carbocycles. The third-order valence-electron chi connectivity index (χ3n) is 5.15. The van der Waals surface area contributed by atoms with Crippen molar-refractivity contribution in [1.82, 2.24) is 10.3 Å². The number of H-pyrrole nitrogens is 1. The van der Waals surface area contributed by atoms with Gasteiger partial charge in [0, 0.05) is 18.0 Å². The summed E-state index contributed by atoms with van der Waals surface area (Å²) in [4.78, 5) is 31.7. The summed E-state index contributed by atoms with van der Waals surface area (Å²) in [6, 6.07) is 12.0. The van der Waals surface area contributed by atoms with E-state index in [9.17, 15) is 9.59 Å². The molecule has 0 bridgehead atoms. The minimum atomic E-state index is -0.399. The molecule has 0 radical (unpaired) electrons. The monoisotopic (exact) mass is 392 g/mol. The summed E-state index contributed by atoms with van der Waals surface area (Å²) in [6.07, 6.45) is 5.02. The number of dihydropyridines is 1. The van der Waals surface area contributed by atoms with E-state index >= 15 is 0 Å². The lowest BCUT2D eigenvalue weighted by Crippen LogP contribution is -2.34. The van der Waals surface area contributed by atoms with Crippen LogP contribution in [0.15, 0.2) is 53.0 Å². The molecule has 0 spiro atoms. The summed E-state index contributed by atoms with van der Waals surface area (Å²) in [6.45, 7) is 4.65. The molecule has 1 unspecified atom stereocenters. The average Bonchev–Trinajstić information content (AvgIpc) is 3.18. The van der Waals surface area contributed by atoms with Crippen molar-refractivity contribution < 1.29 is 9.59 Å². The zero-order chi connectivity index (χ0) is 20.8. The van der Waals surface area contributed by atoms with Gasteiger partial charge in [0.05, 0.1) is 5.92 Å². The number of amides is 2. The van der Waals surface area contributed by atoms with Crippen LogP contribution in [0.3, 0.4) is 0 Å². The normalized spacial score (nSPS) is 16.4. The molecule has 1 aliphatic heterocycles. The Morgan fingerprint density at radius 3 is 2.59 bits per heavy atom. The molecule has 0 fully saturated rings. The maximum absolute atomic E-state index is 12.5. The van der Waals surface area contributed by atoms with E-state index in [1.165, 1.54) is 5.56 Å². The molecule has 6 nitrogen and oxygen atoms in total. The number of benzene rings is 1. The van der Waals surface area contributed by atoms with Crippen molar-refractivity contribution >= 4 is 17.5 Å². The van der Waals surface area contributed by atoms with Crippen LogP contribution >= 0.6 is 0 Å². The first-order valence-corrected chi connectivity index (χ1v) is 10.0. The predicted molar refractivity (Wildman–Crippen MR) is 116 cm³/mol. The first kappa shape index (κ1) is 20.7. The number of hydrogen-bond acceptors (Lipinski definition) is 3. The number of hydrogen-bond donors (Lipinski definition) is 3. The minimum absolute atomic E-state index is 0.207. The Morgan fingerprint density at radius 1 is 1.14 bits per heavy atom. The Morgan fingerprint density at radius 2 is 1.90 bits per heavy atom. The molecule has 3 rings (SSSR count). The Labute approximate surface area is 171 Å². The molecule has 29 heavy (non-hydrogen) atoms. The van der Waals surface area contributed by atoms with Gasteiger partial charge in [0.25, 0.3) is 11.8 Å². The highest BCUT2D eigenvalue weighted by molar-refractivity contribution is 6.06. The molecule has 2 amide bonds. The Bertz CT molecular complexity index is 938. The van der Waals surface area contributed by atoms with Crippen molar-refractivity contribution in [3.63, 3.8) is 0 Å². The SMILES string of the molecule is CC1=CC(C)=NC(=O)C1CNC(=O)c1ccc(-c2ccc(CCCCN)cc2)[nH]1. The van der Waals surface area contributed by atoms with Crippen molar-refractivity contribution in [2.45, 2.75) is 33.1 Å². The maximum Gasteiger partial charge on any atom is 0.267 e. The van der Waals surface area contributed by atoms with Crippen LogP contribution in [0.25, 0.3) is 11.3 Å². The lowest BCUT2D eigenvalue weighted by molar-refractivity contribution is -0.120. The first-order chi connectivity index (χ1) is 14.0. The minimum Gasteiger partial charge on any atom is -0.351 e. The van der Waals surface area contributed by atoms with Crippen LogP contribution in [-0.4, -0.2) is 35.6 Å². The van der Waals surface area contributed by atoms with Crippen LogP contribution < -0.4 is 11.1 Å². The highest BCUT2D eigenvalue weighted by Gasteiger charge is 2.24. The lowest BCUT2D eigenvalue weighted by Gasteiger charge is -2.18. The zero-order valence-corrected chi connectivity index (χ0v) is 17.0. The highest BCUT2D eigenvalue weighted by Crippen LogP contribution is 2.21. The standard InChI is InChI=1S/C23H28N4O2/c1-15-13-16(2)26-22(28)19(15)14-25-23(29)21-11-10-20(27-21)18-8-6-17(7-9-18)5-3-4-12-24/h6-11,13,19,27H,3-5,12,14,24H2,1-2H3,(H,25,29). The maximum atomic E-state index is 12.5. The highest BCUT2D eigenvalue weighted by atomic mass is 16.2. The van der Waals surface area contributed by atoms with E-state index in [2.05, 4.69) is 39.6 Å². The van der Waals surface area contributed by atoms with Gasteiger partial charge in [0.15, 0.2) is 0 Å². The molecule has 0 aliphatic carbocycles. The van der Waals surface area contributed by atoms with Gasteiger partial charge in [-0.15, -0.1) is 0 Å². The fourth-order valence-electron chi connectivity index (χ4n) is 3.47. The largest absolute Gasteiger partial charge is 0.351 e. The molecule has 152 valence electrons. The number of nitrogens with one attached hydrogen (secondary N) is 2. The van der Waals surface area contributed by atoms with Crippen LogP contribution in [0.2, 0.25) is 0 Å². The second kappa shape index (κ2) is 9.47. The van der Waals surface area contributed by atoms with Crippen LogP contribution in [-0.2, 0) is 11.2 Å². The van der Waals surface area contributed by atoms with E-state index in [0.29, 0.717) is 11.4 Å². The number of aliphatic imine (C=N–C) groups is 1. The summed E-state index contributed by atoms with van der Waals surface area (Å²) in [5, 5.41) is 2.84. The number of carbonyl (C=O) groups excluding carboxylic acids is 2. The van der Waals surface area contributed by atoms with E-state index in [1.807, 2.05) is 19.1 Å². The smallest absolute Gasteiger partial charge is 0.267 e. The van der Waals surface area contributed by atoms with Gasteiger partial charge in [0.2, 0.25) is 0 Å². The average molecular weight is 393 g/mol. The summed E-state index contributed by atoms with van der Waals surface area (Å²) >= 11 is 0. The van der Waals surface area contributed by atoms with E-state index in [0.717, 1.165) is 42.6 Å². The van der Waals surface area contributed by atoms with Gasteiger partial charge in [-0.3, -0.25) is 9.59 Å². The summed E-state index contributed by atoms with van der Waals surface area (Å²) in [7, 11) is 0. The van der Waals surface area contributed by atoms with Crippen LogP contribution in [0, 0.1) is 5.92 Å². The Kier molecular flexibility index (Phi) is 6.77. The van der Waals surface area contributed by atoms with Gasteiger partial charge in [-0.25, -0.2) is 4.99 Å². The number of nitrogens with zero attached hydrogens (tertiary/aromatic N) is 1. The fourth-order valence-corrected chi connectivity index (χ4v) is 3.47. The number of aromatic amines is 1. The molecule has 1 aliphatic rings. The van der Waals surface area contributed by atoms with Crippen LogP contribution in [0.5, 0.6) is 0 Å². The molecule has 0 saturated carbocycles. The summed E-state index contributed by atoms with van der Waals surface area (Å²) in [5.41, 5.74) is 10.8. The molecule has 2 heterocycles. The quantitative estimate of drug-likeness (QED) is 0.601. The Balaban J connectivity index is 1.59. The summed E-state index contributed by atoms with van der Waals surface area (Å²) < 4.78 is 0. The van der Waals surface area contributed by atoms with Crippen molar-refractivity contribution in [1.29, 1.82) is 0 Å². The molecule has 0 saturated heterocycles. The molecule has 4 N–H and O–H groups in total. The molecule has 1 aromatic heterocycles. The van der Waals surface area contributed by atoms with Crippen molar-refractivity contribution in [2.24, 2.45) is 16.6 Å². The van der Waals surface area contributed by atoms with Gasteiger partial charge in [0.1, 0.15) is 5.69 Å². The van der Waals surface area contributed by atoms with Crippen molar-refractivity contribution in [3.05, 3.63) is 59.3 Å². The van der Waals surface area contributed by atoms with Crippen molar-refractivity contribution in [3.8, 4) is 11.3 Å². The third kappa shape index (κ3) is 5.29. The molecule has 6 heteroatoms. The van der Waals surface area contributed by atoms with E-state index in [-0.39, 0.29) is 18.4 Å². The van der Waals surface area contributed by atoms with Crippen molar-refractivity contribution in [2.75, 3.05) is 13.1 Å². The van der Waals surface area contributed by atoms with E-state index in [1.54, 1.807) is 13.0 Å². The fraction of sp³-hybridized carbons (Fsp3) is 0.348. The van der Waals surface area contributed by atoms with E-state index < -0.39 is 5.92 Å². The number of rotatable bonds is 8. The second-order valence-electron chi connectivity index (χ2n) is 7.47. The van der Waals surface area contributed by atoms with Gasteiger partial charge >= 0.3 is 0 Å². The number of aromatic nitrogens is 1. The third-order valence-corrected chi connectivity index (χ3v) is 5.15. The molecular formula is C23H28N4O2. The number of nitrogens with two attached hydrogens (primary N) is 1. The number of carbonyl (C=O) groups is 2. The first-order valence-electron chi connectivity index (χ1n) is 10.0. The number of allylic oxidation sites excluding steroid dienone is 1. The molecular weight excluding hydrogens is 364 g/mol. The topological polar surface area (TPSA) is 100 Å². The summed E-state index contributed by atoms with van der Waals surface area (Å²) in [5.74, 6) is -0.841. The van der Waals surface area contributed by atoms with E-state index in [4.69, 9.17) is 5.73 Å². The Hall–Kier alpha value is -2.99. The molecule has 1 atom stereocenters. The number of aryl methyl sites for hydroxylation is 1. The van der Waals surface area contributed by atoms with Gasteiger partial charge in [-0.1, -0.05) is 29.8 Å².